The van der Waals surface area contributed by atoms with E-state index in [0.29, 0.717) is 23.0 Å². The van der Waals surface area contributed by atoms with Crippen LogP contribution < -0.4 is 5.56 Å². The highest BCUT2D eigenvalue weighted by atomic mass is 19.4. The first-order chi connectivity index (χ1) is 13.9. The Labute approximate surface area is 164 Å². The molecule has 1 aliphatic carbocycles. The number of alkyl halides is 6. The molecule has 6 nitrogen and oxygen atoms in total. The molecule has 3 heterocycles. The summed E-state index contributed by atoms with van der Waals surface area (Å²) in [5.74, 6) is 0. The highest BCUT2D eigenvalue weighted by Crippen LogP contribution is 2.46. The fraction of sp³-hybridized carbons (Fsp3) is 0.389. The van der Waals surface area contributed by atoms with E-state index in [1.807, 2.05) is 0 Å². The van der Waals surface area contributed by atoms with Crippen molar-refractivity contribution in [2.75, 3.05) is 0 Å². The van der Waals surface area contributed by atoms with Crippen LogP contribution >= 0.6 is 0 Å². The molecule has 30 heavy (non-hydrogen) atoms. The Morgan fingerprint density at radius 2 is 1.77 bits per heavy atom. The predicted molar refractivity (Wildman–Crippen MR) is 91.5 cm³/mol. The van der Waals surface area contributed by atoms with Crippen LogP contribution in [0.3, 0.4) is 0 Å². The number of aryl methyl sites for hydroxylation is 1. The average molecular weight is 432 g/mol. The van der Waals surface area contributed by atoms with Gasteiger partial charge < -0.3 is 9.67 Å². The molecule has 3 aromatic rings. The van der Waals surface area contributed by atoms with Crippen LogP contribution in [0.25, 0.3) is 10.9 Å². The number of hydrogen-bond donors (Lipinski definition) is 1. The molecule has 3 aromatic heterocycles. The highest BCUT2D eigenvalue weighted by Gasteiger charge is 2.59. The SMILES string of the molecule is Cn1nc2c(=O)n(C3CC3)ccc2c1[C@](O)(c1ccc(C(F)(F)F)nc1)C(F)(F)F. The van der Waals surface area contributed by atoms with Crippen molar-refractivity contribution in [3.8, 4) is 0 Å². The second-order valence-corrected chi connectivity index (χ2v) is 7.13. The lowest BCUT2D eigenvalue weighted by Crippen LogP contribution is -2.45. The lowest BCUT2D eigenvalue weighted by Gasteiger charge is -2.31. The molecule has 1 atom stereocenters. The summed E-state index contributed by atoms with van der Waals surface area (Å²) in [6.07, 6.45) is -7.04. The molecule has 4 rings (SSSR count). The van der Waals surface area contributed by atoms with Crippen LogP contribution in [0.4, 0.5) is 26.3 Å². The third-order valence-electron chi connectivity index (χ3n) is 5.09. The molecule has 0 radical (unpaired) electrons. The molecule has 0 unspecified atom stereocenters. The molecule has 0 amide bonds. The zero-order chi connectivity index (χ0) is 22.1. The Morgan fingerprint density at radius 3 is 2.27 bits per heavy atom. The number of aliphatic hydroxyl groups is 1. The number of hydrogen-bond acceptors (Lipinski definition) is 4. The second-order valence-electron chi connectivity index (χ2n) is 7.13. The van der Waals surface area contributed by atoms with Crippen molar-refractivity contribution in [2.45, 2.75) is 36.8 Å². The number of halogens is 6. The summed E-state index contributed by atoms with van der Waals surface area (Å²) in [5, 5.41) is 14.4. The van der Waals surface area contributed by atoms with E-state index >= 15 is 0 Å². The molecular formula is C18H14F6N4O2. The quantitative estimate of drug-likeness (QED) is 0.645. The van der Waals surface area contributed by atoms with E-state index in [1.165, 1.54) is 16.8 Å². The van der Waals surface area contributed by atoms with Gasteiger partial charge in [-0.3, -0.25) is 14.5 Å². The van der Waals surface area contributed by atoms with Gasteiger partial charge >= 0.3 is 12.4 Å². The number of pyridine rings is 2. The van der Waals surface area contributed by atoms with Crippen LogP contribution in [0, 0.1) is 0 Å². The summed E-state index contributed by atoms with van der Waals surface area (Å²) >= 11 is 0. The number of rotatable bonds is 3. The van der Waals surface area contributed by atoms with Crippen molar-refractivity contribution < 1.29 is 31.4 Å². The number of aromatic nitrogens is 4. The van der Waals surface area contributed by atoms with Gasteiger partial charge in [0.1, 0.15) is 5.69 Å². The van der Waals surface area contributed by atoms with Crippen molar-refractivity contribution in [3.63, 3.8) is 0 Å². The molecule has 0 aromatic carbocycles. The maximum Gasteiger partial charge on any atom is 0.433 e. The van der Waals surface area contributed by atoms with E-state index in [4.69, 9.17) is 0 Å². The topological polar surface area (TPSA) is 72.9 Å². The number of nitrogens with zero attached hydrogens (tertiary/aromatic N) is 4. The predicted octanol–water partition coefficient (Wildman–Crippen LogP) is 3.28. The van der Waals surface area contributed by atoms with Crippen molar-refractivity contribution in [1.82, 2.24) is 19.3 Å². The van der Waals surface area contributed by atoms with Crippen molar-refractivity contribution in [1.29, 1.82) is 0 Å². The largest absolute Gasteiger partial charge is 0.433 e. The van der Waals surface area contributed by atoms with Gasteiger partial charge in [-0.05, 0) is 25.0 Å². The smallest absolute Gasteiger partial charge is 0.371 e. The van der Waals surface area contributed by atoms with Gasteiger partial charge in [0.05, 0.1) is 5.69 Å². The summed E-state index contributed by atoms with van der Waals surface area (Å²) in [7, 11) is 1.12. The first-order valence-electron chi connectivity index (χ1n) is 8.77. The zero-order valence-electron chi connectivity index (χ0n) is 15.3. The van der Waals surface area contributed by atoms with Gasteiger partial charge in [-0.1, -0.05) is 6.07 Å². The molecule has 0 saturated heterocycles. The maximum atomic E-state index is 14.1. The molecule has 12 heteroatoms. The van der Waals surface area contributed by atoms with Crippen LogP contribution in [0.1, 0.15) is 35.8 Å². The van der Waals surface area contributed by atoms with Crippen molar-refractivity contribution in [2.24, 2.45) is 7.05 Å². The van der Waals surface area contributed by atoms with E-state index in [1.54, 1.807) is 0 Å². The zero-order valence-corrected chi connectivity index (χ0v) is 15.3. The normalized spacial score (nSPS) is 17.3. The van der Waals surface area contributed by atoms with Crippen LogP contribution in [0.5, 0.6) is 0 Å². The van der Waals surface area contributed by atoms with E-state index in [2.05, 4.69) is 10.1 Å². The molecule has 1 saturated carbocycles. The molecule has 160 valence electrons. The van der Waals surface area contributed by atoms with Crippen LogP contribution in [-0.4, -0.2) is 30.6 Å². The summed E-state index contributed by atoms with van der Waals surface area (Å²) in [4.78, 5) is 15.7. The van der Waals surface area contributed by atoms with E-state index in [-0.39, 0.29) is 16.9 Å². The highest BCUT2D eigenvalue weighted by molar-refractivity contribution is 5.82. The van der Waals surface area contributed by atoms with Crippen LogP contribution in [0.2, 0.25) is 0 Å². The van der Waals surface area contributed by atoms with E-state index in [9.17, 15) is 36.2 Å². The lowest BCUT2D eigenvalue weighted by molar-refractivity contribution is -0.250. The minimum Gasteiger partial charge on any atom is -0.371 e. The summed E-state index contributed by atoms with van der Waals surface area (Å²) in [6.45, 7) is 0. The Bertz CT molecular complexity index is 1170. The van der Waals surface area contributed by atoms with Crippen LogP contribution in [-0.2, 0) is 18.8 Å². The van der Waals surface area contributed by atoms with Gasteiger partial charge in [-0.25, -0.2) is 0 Å². The number of fused-ring (bicyclic) bond motifs is 1. The standard InChI is InChI=1S/C18H14F6N4O2/c1-27-14(11-6-7-28(10-3-4-10)15(29)13(11)26-27)16(30,18(22,23)24)9-2-5-12(25-8-9)17(19,20)21/h2,5-8,10,30H,3-4H2,1H3/t16-/m1/s1. The monoisotopic (exact) mass is 432 g/mol. The Morgan fingerprint density at radius 1 is 1.10 bits per heavy atom. The van der Waals surface area contributed by atoms with E-state index < -0.39 is 40.5 Å². The Balaban J connectivity index is 1.96. The fourth-order valence-corrected chi connectivity index (χ4v) is 3.48. The fourth-order valence-electron chi connectivity index (χ4n) is 3.48. The third-order valence-corrected chi connectivity index (χ3v) is 5.09. The van der Waals surface area contributed by atoms with Gasteiger partial charge in [-0.15, -0.1) is 0 Å². The lowest BCUT2D eigenvalue weighted by atomic mass is 9.88. The molecule has 0 aliphatic heterocycles. The molecule has 0 spiro atoms. The van der Waals surface area contributed by atoms with Gasteiger partial charge in [0.25, 0.3) is 5.56 Å². The molecule has 1 aliphatic rings. The van der Waals surface area contributed by atoms with Gasteiger partial charge in [0, 0.05) is 36.4 Å². The Kier molecular flexibility index (Phi) is 4.28. The van der Waals surface area contributed by atoms with E-state index in [0.717, 1.165) is 19.9 Å². The van der Waals surface area contributed by atoms with Gasteiger partial charge in [0.15, 0.2) is 5.52 Å². The van der Waals surface area contributed by atoms with Gasteiger partial charge in [-0.2, -0.15) is 31.4 Å². The first kappa shape index (κ1) is 20.4. The molecule has 1 fully saturated rings. The van der Waals surface area contributed by atoms with Crippen molar-refractivity contribution in [3.05, 3.63) is 57.9 Å². The van der Waals surface area contributed by atoms with Crippen LogP contribution in [0.15, 0.2) is 35.4 Å². The maximum absolute atomic E-state index is 14.1. The summed E-state index contributed by atoms with van der Waals surface area (Å²) in [6, 6.07) is 2.05. The average Bonchev–Trinajstić information content (AvgIpc) is 3.42. The minimum atomic E-state index is -5.35. The molecule has 0 bridgehead atoms. The van der Waals surface area contributed by atoms with Crippen molar-refractivity contribution >= 4 is 10.9 Å². The summed E-state index contributed by atoms with van der Waals surface area (Å²) in [5.41, 5.74) is -7.74. The molecule has 1 N–H and O–H groups in total. The second kappa shape index (κ2) is 6.30. The third kappa shape index (κ3) is 2.97. The minimum absolute atomic E-state index is 0.0482. The summed E-state index contributed by atoms with van der Waals surface area (Å²) < 4.78 is 82.6. The molecular weight excluding hydrogens is 418 g/mol. The Hall–Kier alpha value is -2.89. The van der Waals surface area contributed by atoms with Gasteiger partial charge in [0.2, 0.25) is 5.60 Å². The first-order valence-corrected chi connectivity index (χ1v) is 8.77.